The van der Waals surface area contributed by atoms with Gasteiger partial charge in [-0.15, -0.1) is 11.8 Å². The number of hydrogen-bond acceptors (Lipinski definition) is 3. The van der Waals surface area contributed by atoms with E-state index in [1.54, 1.807) is 23.1 Å². The Morgan fingerprint density at radius 1 is 1.33 bits per heavy atom. The molecule has 1 amide bonds. The Morgan fingerprint density at radius 3 is 2.57 bits per heavy atom. The van der Waals surface area contributed by atoms with Gasteiger partial charge in [-0.2, -0.15) is 0 Å². The summed E-state index contributed by atoms with van der Waals surface area (Å²) in [5.74, 6) is -0.844. The predicted molar refractivity (Wildman–Crippen MR) is 86.3 cm³/mol. The standard InChI is InChI=1S/C14H17Cl2NO3S/c1-9(2)17(6-5-14(19)20)13(18)8-21-12-7-10(15)3-4-11(12)16/h3-4,7,9H,5-6,8H2,1-2H3,(H,19,20). The summed E-state index contributed by atoms with van der Waals surface area (Å²) in [4.78, 5) is 25.1. The fourth-order valence-corrected chi connectivity index (χ4v) is 3.08. The number of carboxylic acid groups (broad SMARTS) is 1. The number of rotatable bonds is 7. The Hall–Kier alpha value is -0.910. The molecular weight excluding hydrogens is 333 g/mol. The summed E-state index contributed by atoms with van der Waals surface area (Å²) in [6.07, 6.45) is -0.0630. The maximum atomic E-state index is 12.2. The number of nitrogens with zero attached hydrogens (tertiary/aromatic N) is 1. The van der Waals surface area contributed by atoms with E-state index < -0.39 is 5.97 Å². The molecule has 0 unspecified atom stereocenters. The first kappa shape index (κ1) is 18.1. The van der Waals surface area contributed by atoms with Gasteiger partial charge in [0.05, 0.1) is 17.2 Å². The lowest BCUT2D eigenvalue weighted by atomic mass is 10.3. The van der Waals surface area contributed by atoms with Gasteiger partial charge < -0.3 is 10.0 Å². The molecule has 1 N–H and O–H groups in total. The van der Waals surface area contributed by atoms with Crippen LogP contribution in [0.3, 0.4) is 0 Å². The van der Waals surface area contributed by atoms with Crippen molar-refractivity contribution in [2.45, 2.75) is 31.2 Å². The molecule has 0 spiro atoms. The van der Waals surface area contributed by atoms with Gasteiger partial charge in [-0.25, -0.2) is 0 Å². The molecule has 0 heterocycles. The van der Waals surface area contributed by atoms with E-state index in [-0.39, 0.29) is 30.7 Å². The average Bonchev–Trinajstić information content (AvgIpc) is 2.39. The van der Waals surface area contributed by atoms with Crippen LogP contribution in [0.25, 0.3) is 0 Å². The molecule has 0 bridgehead atoms. The predicted octanol–water partition coefficient (Wildman–Crippen LogP) is 3.80. The number of carboxylic acids is 1. The molecule has 0 aliphatic rings. The van der Waals surface area contributed by atoms with Crippen LogP contribution in [0.15, 0.2) is 23.1 Å². The summed E-state index contributed by atoms with van der Waals surface area (Å²) in [5, 5.41) is 9.82. The van der Waals surface area contributed by atoms with Gasteiger partial charge in [0, 0.05) is 22.5 Å². The Morgan fingerprint density at radius 2 is 2.00 bits per heavy atom. The molecule has 0 saturated heterocycles. The topological polar surface area (TPSA) is 57.6 Å². The van der Waals surface area contributed by atoms with Crippen molar-refractivity contribution in [2.24, 2.45) is 0 Å². The quantitative estimate of drug-likeness (QED) is 0.760. The molecule has 7 heteroatoms. The molecule has 0 fully saturated rings. The van der Waals surface area contributed by atoms with Crippen LogP contribution in [0.2, 0.25) is 10.0 Å². The lowest BCUT2D eigenvalue weighted by Gasteiger charge is -2.26. The molecule has 4 nitrogen and oxygen atoms in total. The largest absolute Gasteiger partial charge is 0.481 e. The van der Waals surface area contributed by atoms with Gasteiger partial charge >= 0.3 is 5.97 Å². The first-order chi connectivity index (χ1) is 9.81. The monoisotopic (exact) mass is 349 g/mol. The van der Waals surface area contributed by atoms with Crippen LogP contribution in [0.1, 0.15) is 20.3 Å². The number of thioether (sulfide) groups is 1. The van der Waals surface area contributed by atoms with E-state index in [1.165, 1.54) is 11.8 Å². The molecule has 0 atom stereocenters. The first-order valence-electron chi connectivity index (χ1n) is 6.40. The van der Waals surface area contributed by atoms with E-state index in [0.717, 1.165) is 4.90 Å². The molecule has 1 rings (SSSR count). The number of halogens is 2. The highest BCUT2D eigenvalue weighted by atomic mass is 35.5. The molecule has 0 aliphatic carbocycles. The Kier molecular flexibility index (Phi) is 7.35. The first-order valence-corrected chi connectivity index (χ1v) is 8.14. The van der Waals surface area contributed by atoms with Crippen LogP contribution < -0.4 is 0 Å². The lowest BCUT2D eigenvalue weighted by molar-refractivity contribution is -0.138. The molecule has 0 aromatic heterocycles. The van der Waals surface area contributed by atoms with Gasteiger partial charge in [-0.05, 0) is 32.0 Å². The normalized spacial score (nSPS) is 10.7. The number of amides is 1. The van der Waals surface area contributed by atoms with Crippen molar-refractivity contribution in [3.8, 4) is 0 Å². The molecule has 1 aromatic carbocycles. The van der Waals surface area contributed by atoms with Gasteiger partial charge in [-0.1, -0.05) is 23.2 Å². The molecule has 0 radical (unpaired) electrons. The number of aliphatic carboxylic acids is 1. The van der Waals surface area contributed by atoms with E-state index in [4.69, 9.17) is 28.3 Å². The van der Waals surface area contributed by atoms with E-state index in [9.17, 15) is 9.59 Å². The number of benzene rings is 1. The smallest absolute Gasteiger partial charge is 0.305 e. The van der Waals surface area contributed by atoms with Crippen LogP contribution in [0.4, 0.5) is 0 Å². The summed E-state index contributed by atoms with van der Waals surface area (Å²) in [7, 11) is 0. The van der Waals surface area contributed by atoms with Crippen LogP contribution in [-0.4, -0.2) is 40.2 Å². The van der Waals surface area contributed by atoms with E-state index >= 15 is 0 Å². The highest BCUT2D eigenvalue weighted by molar-refractivity contribution is 8.00. The molecular formula is C14H17Cl2NO3S. The van der Waals surface area contributed by atoms with Crippen LogP contribution in [0, 0.1) is 0 Å². The zero-order chi connectivity index (χ0) is 16.0. The second kappa shape index (κ2) is 8.51. The van der Waals surface area contributed by atoms with Crippen LogP contribution in [0.5, 0.6) is 0 Å². The molecule has 0 saturated carbocycles. The number of carbonyl (C=O) groups is 2. The van der Waals surface area contributed by atoms with Gasteiger partial charge in [0.1, 0.15) is 0 Å². The van der Waals surface area contributed by atoms with Crippen LogP contribution in [-0.2, 0) is 9.59 Å². The fourth-order valence-electron chi connectivity index (χ4n) is 1.70. The average molecular weight is 350 g/mol. The zero-order valence-electron chi connectivity index (χ0n) is 11.8. The molecule has 1 aromatic rings. The number of carbonyl (C=O) groups excluding carboxylic acids is 1. The highest BCUT2D eigenvalue weighted by Gasteiger charge is 2.18. The third-order valence-corrected chi connectivity index (χ3v) is 4.47. The summed E-state index contributed by atoms with van der Waals surface area (Å²) < 4.78 is 0. The summed E-state index contributed by atoms with van der Waals surface area (Å²) in [6, 6.07) is 5.02. The van der Waals surface area contributed by atoms with Gasteiger partial charge in [0.15, 0.2) is 0 Å². The van der Waals surface area contributed by atoms with Crippen molar-refractivity contribution >= 4 is 46.8 Å². The summed E-state index contributed by atoms with van der Waals surface area (Å²) in [6.45, 7) is 3.92. The minimum absolute atomic E-state index is 0.0488. The maximum Gasteiger partial charge on any atom is 0.305 e. The highest BCUT2D eigenvalue weighted by Crippen LogP contribution is 2.30. The minimum atomic E-state index is -0.918. The lowest BCUT2D eigenvalue weighted by Crippen LogP contribution is -2.39. The fraction of sp³-hybridized carbons (Fsp3) is 0.429. The molecule has 116 valence electrons. The molecule has 0 aliphatic heterocycles. The van der Waals surface area contributed by atoms with Crippen molar-refractivity contribution < 1.29 is 14.7 Å². The van der Waals surface area contributed by atoms with Crippen molar-refractivity contribution in [2.75, 3.05) is 12.3 Å². The van der Waals surface area contributed by atoms with Crippen molar-refractivity contribution in [3.63, 3.8) is 0 Å². The zero-order valence-corrected chi connectivity index (χ0v) is 14.1. The third-order valence-electron chi connectivity index (χ3n) is 2.75. The summed E-state index contributed by atoms with van der Waals surface area (Å²) in [5.41, 5.74) is 0. The van der Waals surface area contributed by atoms with E-state index in [2.05, 4.69) is 0 Å². The molecule has 21 heavy (non-hydrogen) atoms. The van der Waals surface area contributed by atoms with Crippen molar-refractivity contribution in [3.05, 3.63) is 28.2 Å². The van der Waals surface area contributed by atoms with Gasteiger partial charge in [0.25, 0.3) is 0 Å². The number of hydrogen-bond donors (Lipinski definition) is 1. The van der Waals surface area contributed by atoms with Crippen LogP contribution >= 0.6 is 35.0 Å². The van der Waals surface area contributed by atoms with E-state index in [0.29, 0.717) is 10.0 Å². The van der Waals surface area contributed by atoms with Gasteiger partial charge in [0.2, 0.25) is 5.91 Å². The Labute approximate surface area is 138 Å². The second-order valence-corrected chi connectivity index (χ2v) is 6.55. The Balaban J connectivity index is 2.65. The maximum absolute atomic E-state index is 12.2. The third kappa shape index (κ3) is 6.16. The van der Waals surface area contributed by atoms with Gasteiger partial charge in [-0.3, -0.25) is 9.59 Å². The second-order valence-electron chi connectivity index (χ2n) is 4.69. The van der Waals surface area contributed by atoms with Crippen molar-refractivity contribution in [1.82, 2.24) is 4.90 Å². The Bertz CT molecular complexity index is 523. The minimum Gasteiger partial charge on any atom is -0.481 e. The SMILES string of the molecule is CC(C)N(CCC(=O)O)C(=O)CSc1cc(Cl)ccc1Cl. The van der Waals surface area contributed by atoms with Crippen molar-refractivity contribution in [1.29, 1.82) is 0 Å². The van der Waals surface area contributed by atoms with E-state index in [1.807, 2.05) is 13.8 Å². The summed E-state index contributed by atoms with van der Waals surface area (Å²) >= 11 is 13.2.